The van der Waals surface area contributed by atoms with Gasteiger partial charge in [-0.2, -0.15) is 0 Å². The highest BCUT2D eigenvalue weighted by Crippen LogP contribution is 2.06. The van der Waals surface area contributed by atoms with Gasteiger partial charge in [0.05, 0.1) is 0 Å². The van der Waals surface area contributed by atoms with Crippen LogP contribution in [0.3, 0.4) is 0 Å². The van der Waals surface area contributed by atoms with E-state index >= 15 is 0 Å². The highest BCUT2D eigenvalue weighted by atomic mass is 15.1. The summed E-state index contributed by atoms with van der Waals surface area (Å²) in [6, 6.07) is 0. The molecule has 0 saturated carbocycles. The molecule has 1 N–H and O–H groups in total. The third-order valence-electron chi connectivity index (χ3n) is 2.44. The zero-order valence-electron chi connectivity index (χ0n) is 9.06. The van der Waals surface area contributed by atoms with Crippen molar-refractivity contribution in [3.8, 4) is 0 Å². The van der Waals surface area contributed by atoms with E-state index in [2.05, 4.69) is 31.1 Å². The molecule has 0 aromatic carbocycles. The van der Waals surface area contributed by atoms with E-state index in [0.717, 1.165) is 19.0 Å². The molecule has 1 unspecified atom stereocenters. The molecule has 2 nitrogen and oxygen atoms in total. The van der Waals surface area contributed by atoms with E-state index in [-0.39, 0.29) is 0 Å². The first-order valence-electron chi connectivity index (χ1n) is 5.03. The Labute approximate surface area is 77.3 Å². The van der Waals surface area contributed by atoms with E-state index < -0.39 is 0 Å². The van der Waals surface area contributed by atoms with Crippen LogP contribution in [0.5, 0.6) is 0 Å². The summed E-state index contributed by atoms with van der Waals surface area (Å²) in [6.07, 6.45) is 2.64. The van der Waals surface area contributed by atoms with Crippen LogP contribution in [-0.2, 0) is 0 Å². The van der Waals surface area contributed by atoms with Gasteiger partial charge in [0.2, 0.25) is 0 Å². The van der Waals surface area contributed by atoms with Gasteiger partial charge in [0.15, 0.2) is 0 Å². The lowest BCUT2D eigenvalue weighted by atomic mass is 10.1. The Hall–Kier alpha value is -0.0800. The maximum absolute atomic E-state index is 3.16. The molecule has 0 aliphatic rings. The molecule has 0 aliphatic carbocycles. The van der Waals surface area contributed by atoms with Crippen molar-refractivity contribution in [2.24, 2.45) is 5.92 Å². The van der Waals surface area contributed by atoms with Crippen molar-refractivity contribution in [1.82, 2.24) is 10.2 Å². The van der Waals surface area contributed by atoms with Gasteiger partial charge in [0.25, 0.3) is 0 Å². The maximum atomic E-state index is 3.16. The Morgan fingerprint density at radius 1 is 1.33 bits per heavy atom. The second kappa shape index (κ2) is 7.56. The summed E-state index contributed by atoms with van der Waals surface area (Å²) in [4.78, 5) is 2.39. The second-order valence-corrected chi connectivity index (χ2v) is 3.71. The Bertz CT molecular complexity index is 93.8. The predicted molar refractivity (Wildman–Crippen MR) is 55.5 cm³/mol. The van der Waals surface area contributed by atoms with Crippen molar-refractivity contribution >= 4 is 0 Å². The monoisotopic (exact) mass is 172 g/mol. The van der Waals surface area contributed by atoms with Crippen LogP contribution in [0.4, 0.5) is 0 Å². The maximum Gasteiger partial charge on any atom is 0.0104 e. The lowest BCUT2D eigenvalue weighted by Crippen LogP contribution is -2.28. The van der Waals surface area contributed by atoms with Crippen molar-refractivity contribution in [3.63, 3.8) is 0 Å². The summed E-state index contributed by atoms with van der Waals surface area (Å²) in [6.45, 7) is 8.07. The van der Waals surface area contributed by atoms with E-state index in [9.17, 15) is 0 Å². The van der Waals surface area contributed by atoms with Gasteiger partial charge in [-0.3, -0.25) is 0 Å². The lowest BCUT2D eigenvalue weighted by molar-refractivity contribution is 0.304. The summed E-state index contributed by atoms with van der Waals surface area (Å²) in [5.41, 5.74) is 0. The second-order valence-electron chi connectivity index (χ2n) is 3.71. The number of rotatable bonds is 7. The molecule has 0 bridgehead atoms. The van der Waals surface area contributed by atoms with Crippen molar-refractivity contribution in [2.45, 2.75) is 26.7 Å². The van der Waals surface area contributed by atoms with Gasteiger partial charge in [-0.1, -0.05) is 20.3 Å². The molecule has 0 amide bonds. The predicted octanol–water partition coefficient (Wildman–Crippen LogP) is 1.57. The number of nitrogens with zero attached hydrogens (tertiary/aromatic N) is 1. The topological polar surface area (TPSA) is 15.3 Å². The molecule has 0 rings (SSSR count). The zero-order valence-corrected chi connectivity index (χ0v) is 9.06. The van der Waals surface area contributed by atoms with Gasteiger partial charge in [-0.05, 0) is 33.0 Å². The first-order chi connectivity index (χ1) is 5.70. The average Bonchev–Trinajstić information content (AvgIpc) is 2.10. The quantitative estimate of drug-likeness (QED) is 0.627. The fraction of sp³-hybridized carbons (Fsp3) is 1.00. The van der Waals surface area contributed by atoms with Crippen molar-refractivity contribution < 1.29 is 0 Å². The minimum atomic E-state index is 0.877. The van der Waals surface area contributed by atoms with Crippen LogP contribution in [0, 0.1) is 5.92 Å². The smallest absolute Gasteiger partial charge is 0.0104 e. The molecule has 0 radical (unpaired) electrons. The minimum absolute atomic E-state index is 0.877. The standard InChI is InChI=1S/C10H24N2/c1-5-10(2)6-8-12(4)9-7-11-3/h10-11H,5-9H2,1-4H3. The van der Waals surface area contributed by atoms with Gasteiger partial charge < -0.3 is 10.2 Å². The SMILES string of the molecule is CCC(C)CCN(C)CCNC. The summed E-state index contributed by atoms with van der Waals surface area (Å²) in [7, 11) is 4.20. The zero-order chi connectivity index (χ0) is 9.40. The average molecular weight is 172 g/mol. The first-order valence-corrected chi connectivity index (χ1v) is 5.03. The van der Waals surface area contributed by atoms with Crippen LogP contribution in [-0.4, -0.2) is 38.6 Å². The molecule has 1 atom stereocenters. The van der Waals surface area contributed by atoms with Crippen LogP contribution in [0.2, 0.25) is 0 Å². The molecule has 2 heteroatoms. The Morgan fingerprint density at radius 2 is 2.00 bits per heavy atom. The molecule has 0 spiro atoms. The van der Waals surface area contributed by atoms with Crippen molar-refractivity contribution in [3.05, 3.63) is 0 Å². The van der Waals surface area contributed by atoms with E-state index in [0.29, 0.717) is 0 Å². The molecular weight excluding hydrogens is 148 g/mol. The molecule has 74 valence electrons. The molecule has 0 heterocycles. The molecule has 0 aromatic rings. The van der Waals surface area contributed by atoms with Crippen molar-refractivity contribution in [1.29, 1.82) is 0 Å². The highest BCUT2D eigenvalue weighted by Gasteiger charge is 2.01. The number of hydrogen-bond acceptors (Lipinski definition) is 2. The van der Waals surface area contributed by atoms with Gasteiger partial charge >= 0.3 is 0 Å². The summed E-state index contributed by atoms with van der Waals surface area (Å²) < 4.78 is 0. The van der Waals surface area contributed by atoms with Crippen LogP contribution in [0.25, 0.3) is 0 Å². The van der Waals surface area contributed by atoms with Gasteiger partial charge in [0, 0.05) is 13.1 Å². The van der Waals surface area contributed by atoms with Crippen LogP contribution >= 0.6 is 0 Å². The molecule has 0 aliphatic heterocycles. The van der Waals surface area contributed by atoms with E-state index in [4.69, 9.17) is 0 Å². The molecule has 12 heavy (non-hydrogen) atoms. The summed E-state index contributed by atoms with van der Waals surface area (Å²) in [5.74, 6) is 0.877. The molecule has 0 saturated heterocycles. The van der Waals surface area contributed by atoms with Gasteiger partial charge in [-0.15, -0.1) is 0 Å². The Morgan fingerprint density at radius 3 is 2.50 bits per heavy atom. The molecule has 0 aromatic heterocycles. The fourth-order valence-corrected chi connectivity index (χ4v) is 1.06. The van der Waals surface area contributed by atoms with E-state index in [1.165, 1.54) is 19.4 Å². The number of nitrogens with one attached hydrogen (secondary N) is 1. The lowest BCUT2D eigenvalue weighted by Gasteiger charge is -2.18. The van der Waals surface area contributed by atoms with Crippen LogP contribution in [0.1, 0.15) is 26.7 Å². The normalized spacial score (nSPS) is 13.8. The fourth-order valence-electron chi connectivity index (χ4n) is 1.06. The first kappa shape index (κ1) is 11.9. The summed E-state index contributed by atoms with van der Waals surface area (Å²) in [5, 5.41) is 3.16. The highest BCUT2D eigenvalue weighted by molar-refractivity contribution is 4.56. The number of likely N-dealkylation sites (N-methyl/N-ethyl adjacent to an activating group) is 2. The Kier molecular flexibility index (Phi) is 7.51. The number of hydrogen-bond donors (Lipinski definition) is 1. The molecular formula is C10H24N2. The third kappa shape index (κ3) is 6.62. The third-order valence-corrected chi connectivity index (χ3v) is 2.44. The van der Waals surface area contributed by atoms with E-state index in [1.807, 2.05) is 7.05 Å². The largest absolute Gasteiger partial charge is 0.318 e. The van der Waals surface area contributed by atoms with Crippen molar-refractivity contribution in [2.75, 3.05) is 33.7 Å². The Balaban J connectivity index is 3.24. The van der Waals surface area contributed by atoms with Gasteiger partial charge in [-0.25, -0.2) is 0 Å². The minimum Gasteiger partial charge on any atom is -0.318 e. The van der Waals surface area contributed by atoms with Gasteiger partial charge in [0.1, 0.15) is 0 Å². The van der Waals surface area contributed by atoms with Crippen LogP contribution in [0.15, 0.2) is 0 Å². The molecule has 0 fully saturated rings. The van der Waals surface area contributed by atoms with Crippen LogP contribution < -0.4 is 5.32 Å². The van der Waals surface area contributed by atoms with E-state index in [1.54, 1.807) is 0 Å². The summed E-state index contributed by atoms with van der Waals surface area (Å²) >= 11 is 0.